The molecule has 3 rings (SSSR count). The van der Waals surface area contributed by atoms with Gasteiger partial charge in [-0.25, -0.2) is 0 Å². The molecule has 1 aliphatic heterocycles. The average molecular weight is 327 g/mol. The second-order valence-electron chi connectivity index (χ2n) is 7.14. The second-order valence-corrected chi connectivity index (χ2v) is 7.14. The van der Waals surface area contributed by atoms with Crippen LogP contribution in [0.25, 0.3) is 0 Å². The number of hydrogen-bond donors (Lipinski definition) is 0. The van der Waals surface area contributed by atoms with Gasteiger partial charge in [0.15, 0.2) is 0 Å². The summed E-state index contributed by atoms with van der Waals surface area (Å²) >= 11 is 0. The Morgan fingerprint density at radius 3 is 2.58 bits per heavy atom. The Morgan fingerprint density at radius 2 is 2.08 bits per heavy atom. The van der Waals surface area contributed by atoms with E-state index < -0.39 is 0 Å². The number of ether oxygens (including phenoxy) is 1. The number of nitrogens with zero attached hydrogens (tertiary/aromatic N) is 3. The first-order valence-corrected chi connectivity index (χ1v) is 8.49. The molecule has 1 heterocycles. The molecule has 0 aromatic heterocycles. The first-order chi connectivity index (χ1) is 11.5. The molecule has 1 aromatic carbocycles. The number of nitriles is 1. The zero-order valence-corrected chi connectivity index (χ0v) is 14.7. The molecule has 1 aliphatic carbocycles. The zero-order chi connectivity index (χ0) is 17.3. The highest BCUT2D eigenvalue weighted by molar-refractivity contribution is 5.94. The standard InChI is InChI=1S/C19H25N3O2/c1-21-12-17(24-3)10-16(21)11-22(2)18(23)14-4-6-15(7-5-14)19(13-20)8-9-19/h4-7,16-17H,8-12H2,1-3H3/t16-,17-/m0/s1. The molecular formula is C19H25N3O2. The summed E-state index contributed by atoms with van der Waals surface area (Å²) in [6.45, 7) is 1.60. The summed E-state index contributed by atoms with van der Waals surface area (Å²) in [6, 6.07) is 10.3. The van der Waals surface area contributed by atoms with Gasteiger partial charge in [0.25, 0.3) is 5.91 Å². The van der Waals surface area contributed by atoms with Crippen LogP contribution < -0.4 is 0 Å². The van der Waals surface area contributed by atoms with Crippen LogP contribution in [0.15, 0.2) is 24.3 Å². The summed E-state index contributed by atoms with van der Waals surface area (Å²) < 4.78 is 5.43. The van der Waals surface area contributed by atoms with Crippen LogP contribution in [0, 0.1) is 11.3 Å². The van der Waals surface area contributed by atoms with Crippen molar-refractivity contribution in [3.63, 3.8) is 0 Å². The first kappa shape index (κ1) is 16.9. The van der Waals surface area contributed by atoms with Crippen molar-refractivity contribution < 1.29 is 9.53 Å². The molecule has 24 heavy (non-hydrogen) atoms. The normalized spacial score (nSPS) is 25.2. The van der Waals surface area contributed by atoms with Crippen LogP contribution in [0.4, 0.5) is 0 Å². The molecule has 1 amide bonds. The van der Waals surface area contributed by atoms with E-state index >= 15 is 0 Å². The number of likely N-dealkylation sites (tertiary alicyclic amines) is 1. The summed E-state index contributed by atoms with van der Waals surface area (Å²) in [4.78, 5) is 16.7. The lowest BCUT2D eigenvalue weighted by Gasteiger charge is -2.25. The number of methoxy groups -OCH3 is 1. The van der Waals surface area contributed by atoms with Crippen LogP contribution in [-0.4, -0.2) is 62.1 Å². The minimum absolute atomic E-state index is 0.0256. The number of carbonyl (C=O) groups excluding carboxylic acids is 1. The van der Waals surface area contributed by atoms with Gasteiger partial charge in [0.05, 0.1) is 17.6 Å². The van der Waals surface area contributed by atoms with Gasteiger partial charge < -0.3 is 9.64 Å². The van der Waals surface area contributed by atoms with E-state index in [2.05, 4.69) is 18.0 Å². The van der Waals surface area contributed by atoms with E-state index in [0.717, 1.165) is 31.4 Å². The lowest BCUT2D eigenvalue weighted by Crippen LogP contribution is -2.39. The van der Waals surface area contributed by atoms with Crippen molar-refractivity contribution in [3.8, 4) is 6.07 Å². The number of rotatable bonds is 5. The summed E-state index contributed by atoms with van der Waals surface area (Å²) in [5.41, 5.74) is 1.41. The fourth-order valence-electron chi connectivity index (χ4n) is 3.55. The summed E-state index contributed by atoms with van der Waals surface area (Å²) in [7, 11) is 5.67. The van der Waals surface area contributed by atoms with Crippen molar-refractivity contribution in [2.45, 2.75) is 36.8 Å². The molecule has 2 aliphatic rings. The molecule has 2 atom stereocenters. The van der Waals surface area contributed by atoms with Gasteiger partial charge in [-0.15, -0.1) is 0 Å². The highest BCUT2D eigenvalue weighted by Crippen LogP contribution is 2.47. The largest absolute Gasteiger partial charge is 0.380 e. The van der Waals surface area contributed by atoms with Gasteiger partial charge in [0.2, 0.25) is 0 Å². The average Bonchev–Trinajstić information content (AvgIpc) is 3.33. The SMILES string of the molecule is CO[C@H]1C[C@@H](CN(C)C(=O)c2ccc(C3(C#N)CC3)cc2)N(C)C1. The van der Waals surface area contributed by atoms with Gasteiger partial charge in [-0.05, 0) is 44.0 Å². The molecule has 0 unspecified atom stereocenters. The highest BCUT2D eigenvalue weighted by Gasteiger charge is 2.44. The lowest BCUT2D eigenvalue weighted by atomic mass is 9.96. The van der Waals surface area contributed by atoms with Crippen molar-refractivity contribution in [1.82, 2.24) is 9.80 Å². The van der Waals surface area contributed by atoms with Gasteiger partial charge in [-0.2, -0.15) is 5.26 Å². The van der Waals surface area contributed by atoms with Gasteiger partial charge in [0.1, 0.15) is 0 Å². The molecule has 0 spiro atoms. The van der Waals surface area contributed by atoms with Crippen LogP contribution >= 0.6 is 0 Å². The number of hydrogen-bond acceptors (Lipinski definition) is 4. The Labute approximate surface area is 143 Å². The Hall–Kier alpha value is -1.90. The number of likely N-dealkylation sites (N-methyl/N-ethyl adjacent to an activating group) is 2. The molecule has 5 nitrogen and oxygen atoms in total. The van der Waals surface area contributed by atoms with Crippen molar-refractivity contribution in [2.24, 2.45) is 0 Å². The van der Waals surface area contributed by atoms with E-state index in [9.17, 15) is 10.1 Å². The number of carbonyl (C=O) groups is 1. The Kier molecular flexibility index (Phi) is 4.62. The van der Waals surface area contributed by atoms with Gasteiger partial charge in [0, 0.05) is 38.9 Å². The molecule has 128 valence electrons. The third-order valence-corrected chi connectivity index (χ3v) is 5.46. The van der Waals surface area contributed by atoms with Crippen LogP contribution in [0.5, 0.6) is 0 Å². The quantitative estimate of drug-likeness (QED) is 0.830. The van der Waals surface area contributed by atoms with E-state index in [1.54, 1.807) is 12.0 Å². The fraction of sp³-hybridized carbons (Fsp3) is 0.579. The van der Waals surface area contributed by atoms with Crippen molar-refractivity contribution in [2.75, 3.05) is 34.3 Å². The van der Waals surface area contributed by atoms with E-state index in [4.69, 9.17) is 4.74 Å². The van der Waals surface area contributed by atoms with Crippen LogP contribution in [-0.2, 0) is 10.2 Å². The smallest absolute Gasteiger partial charge is 0.253 e. The Morgan fingerprint density at radius 1 is 1.42 bits per heavy atom. The van der Waals surface area contributed by atoms with Crippen molar-refractivity contribution in [1.29, 1.82) is 5.26 Å². The molecule has 0 radical (unpaired) electrons. The molecular weight excluding hydrogens is 302 g/mol. The maximum Gasteiger partial charge on any atom is 0.253 e. The minimum atomic E-state index is -0.296. The molecule has 1 saturated carbocycles. The topological polar surface area (TPSA) is 56.6 Å². The Bertz CT molecular complexity index is 646. The molecule has 2 fully saturated rings. The predicted molar refractivity (Wildman–Crippen MR) is 91.8 cm³/mol. The van der Waals surface area contributed by atoms with E-state index in [1.165, 1.54) is 0 Å². The molecule has 0 bridgehead atoms. The highest BCUT2D eigenvalue weighted by atomic mass is 16.5. The third-order valence-electron chi connectivity index (χ3n) is 5.46. The van der Waals surface area contributed by atoms with E-state index in [0.29, 0.717) is 18.2 Å². The third kappa shape index (κ3) is 3.17. The molecule has 5 heteroatoms. The summed E-state index contributed by atoms with van der Waals surface area (Å²) in [5.74, 6) is 0.0256. The number of benzene rings is 1. The van der Waals surface area contributed by atoms with E-state index in [1.807, 2.05) is 31.3 Å². The van der Waals surface area contributed by atoms with Crippen LogP contribution in [0.2, 0.25) is 0 Å². The first-order valence-electron chi connectivity index (χ1n) is 8.49. The summed E-state index contributed by atoms with van der Waals surface area (Å²) in [6.07, 6.45) is 3.05. The zero-order valence-electron chi connectivity index (χ0n) is 14.7. The van der Waals surface area contributed by atoms with Gasteiger partial charge >= 0.3 is 0 Å². The fourth-order valence-corrected chi connectivity index (χ4v) is 3.55. The molecule has 0 N–H and O–H groups in total. The maximum absolute atomic E-state index is 12.6. The monoisotopic (exact) mass is 327 g/mol. The minimum Gasteiger partial charge on any atom is -0.380 e. The maximum atomic E-state index is 12.6. The summed E-state index contributed by atoms with van der Waals surface area (Å²) in [5, 5.41) is 9.26. The van der Waals surface area contributed by atoms with Crippen molar-refractivity contribution >= 4 is 5.91 Å². The molecule has 1 saturated heterocycles. The molecule has 1 aromatic rings. The van der Waals surface area contributed by atoms with Gasteiger partial charge in [-0.1, -0.05) is 12.1 Å². The van der Waals surface area contributed by atoms with Crippen LogP contribution in [0.1, 0.15) is 35.2 Å². The van der Waals surface area contributed by atoms with Crippen LogP contribution in [0.3, 0.4) is 0 Å². The lowest BCUT2D eigenvalue weighted by molar-refractivity contribution is 0.0760. The van der Waals surface area contributed by atoms with E-state index in [-0.39, 0.29) is 17.4 Å². The van der Waals surface area contributed by atoms with Gasteiger partial charge in [-0.3, -0.25) is 9.69 Å². The van der Waals surface area contributed by atoms with Crippen molar-refractivity contribution in [3.05, 3.63) is 35.4 Å². The second kappa shape index (κ2) is 6.54. The number of amides is 1. The predicted octanol–water partition coefficient (Wildman–Crippen LogP) is 2.03. The Balaban J connectivity index is 1.63.